The number of nitrogens with one attached hydrogen (secondary N) is 2. The normalized spacial score (nSPS) is 21.7. The van der Waals surface area contributed by atoms with Crippen molar-refractivity contribution < 1.29 is 14.3 Å². The monoisotopic (exact) mass is 321 g/mol. The van der Waals surface area contributed by atoms with Crippen LogP contribution in [0.3, 0.4) is 0 Å². The molecule has 1 aromatic heterocycles. The van der Waals surface area contributed by atoms with Crippen LogP contribution in [0.1, 0.15) is 38.3 Å². The Bertz CT molecular complexity index is 541. The Balaban J connectivity index is 1.68. The molecule has 2 amide bonds. The van der Waals surface area contributed by atoms with Crippen molar-refractivity contribution in [3.63, 3.8) is 0 Å². The molecule has 2 N–H and O–H groups in total. The van der Waals surface area contributed by atoms with E-state index in [0.717, 1.165) is 25.7 Å². The maximum absolute atomic E-state index is 12.0. The van der Waals surface area contributed by atoms with Gasteiger partial charge in [-0.05, 0) is 51.2 Å². The molecule has 23 heavy (non-hydrogen) atoms. The van der Waals surface area contributed by atoms with Gasteiger partial charge >= 0.3 is 12.0 Å². The van der Waals surface area contributed by atoms with Gasteiger partial charge in [0.05, 0.1) is 13.0 Å². The predicted octanol–water partition coefficient (Wildman–Crippen LogP) is 1.99. The zero-order valence-electron chi connectivity index (χ0n) is 14.2. The van der Waals surface area contributed by atoms with Gasteiger partial charge in [0.25, 0.3) is 0 Å². The molecule has 0 radical (unpaired) electrons. The van der Waals surface area contributed by atoms with Crippen molar-refractivity contribution in [1.29, 1.82) is 0 Å². The number of nitrogens with zero attached hydrogens (tertiary/aromatic N) is 1. The molecule has 128 valence electrons. The number of esters is 1. The third-order valence-electron chi connectivity index (χ3n) is 4.56. The van der Waals surface area contributed by atoms with E-state index >= 15 is 0 Å². The number of hydrogen-bond donors (Lipinski definition) is 2. The highest BCUT2D eigenvalue weighted by molar-refractivity contribution is 5.75. The quantitative estimate of drug-likeness (QED) is 0.787. The molecule has 0 unspecified atom stereocenters. The Morgan fingerprint density at radius 1 is 1.43 bits per heavy atom. The first kappa shape index (κ1) is 17.4. The lowest BCUT2D eigenvalue weighted by Gasteiger charge is -2.18. The summed E-state index contributed by atoms with van der Waals surface area (Å²) in [6, 6.07) is 4.12. The first-order valence-corrected chi connectivity index (χ1v) is 8.24. The van der Waals surface area contributed by atoms with Crippen LogP contribution in [0.25, 0.3) is 0 Å². The van der Waals surface area contributed by atoms with Crippen LogP contribution >= 0.6 is 0 Å². The fraction of sp³-hybridized carbons (Fsp3) is 0.647. The van der Waals surface area contributed by atoms with Crippen LogP contribution in [0.2, 0.25) is 0 Å². The number of carbonyl (C=O) groups excluding carboxylic acids is 2. The molecule has 0 bridgehead atoms. The first-order chi connectivity index (χ1) is 11.0. The van der Waals surface area contributed by atoms with E-state index in [1.54, 1.807) is 0 Å². The van der Waals surface area contributed by atoms with Gasteiger partial charge in [0.15, 0.2) is 0 Å². The van der Waals surface area contributed by atoms with Gasteiger partial charge in [0.2, 0.25) is 0 Å². The number of urea groups is 1. The molecule has 1 aliphatic rings. The number of ether oxygens (including phenoxy) is 1. The van der Waals surface area contributed by atoms with E-state index in [2.05, 4.69) is 21.3 Å². The number of carbonyl (C=O) groups is 2. The molecule has 0 spiro atoms. The molecule has 6 nitrogen and oxygen atoms in total. The zero-order valence-corrected chi connectivity index (χ0v) is 14.2. The van der Waals surface area contributed by atoms with Crippen molar-refractivity contribution in [2.24, 2.45) is 13.0 Å². The van der Waals surface area contributed by atoms with Crippen molar-refractivity contribution in [2.75, 3.05) is 7.11 Å². The molecule has 3 atom stereocenters. The van der Waals surface area contributed by atoms with E-state index < -0.39 is 0 Å². The highest BCUT2D eigenvalue weighted by atomic mass is 16.5. The Morgan fingerprint density at radius 3 is 2.87 bits per heavy atom. The third kappa shape index (κ3) is 5.01. The zero-order chi connectivity index (χ0) is 16.8. The SMILES string of the molecule is COC(=O)[C@H]1CC[C@@H](NC(=O)N[C@@H](C)CCc2cccn2C)C1. The molecule has 2 rings (SSSR count). The van der Waals surface area contributed by atoms with Gasteiger partial charge in [-0.1, -0.05) is 0 Å². The molecule has 0 saturated heterocycles. The summed E-state index contributed by atoms with van der Waals surface area (Å²) in [6.45, 7) is 2.01. The summed E-state index contributed by atoms with van der Waals surface area (Å²) in [5, 5.41) is 5.93. The lowest BCUT2D eigenvalue weighted by Crippen LogP contribution is -2.45. The second kappa shape index (κ2) is 8.04. The Hall–Kier alpha value is -1.98. The van der Waals surface area contributed by atoms with Crippen molar-refractivity contribution in [1.82, 2.24) is 15.2 Å². The van der Waals surface area contributed by atoms with E-state index in [4.69, 9.17) is 4.74 Å². The van der Waals surface area contributed by atoms with E-state index in [9.17, 15) is 9.59 Å². The maximum Gasteiger partial charge on any atom is 0.315 e. The van der Waals surface area contributed by atoms with Gasteiger partial charge in [-0.15, -0.1) is 0 Å². The smallest absolute Gasteiger partial charge is 0.315 e. The molecule has 1 aromatic rings. The van der Waals surface area contributed by atoms with Crippen LogP contribution in [0.5, 0.6) is 0 Å². The van der Waals surface area contributed by atoms with Crippen LogP contribution in [0, 0.1) is 5.92 Å². The average molecular weight is 321 g/mol. The molecule has 1 heterocycles. The Morgan fingerprint density at radius 2 is 2.22 bits per heavy atom. The Kier molecular flexibility index (Phi) is 6.07. The van der Waals surface area contributed by atoms with Crippen LogP contribution < -0.4 is 10.6 Å². The summed E-state index contributed by atoms with van der Waals surface area (Å²) in [6.07, 6.45) is 6.11. The molecular formula is C17H27N3O3. The highest BCUT2D eigenvalue weighted by Crippen LogP contribution is 2.26. The van der Waals surface area contributed by atoms with Gasteiger partial charge in [-0.2, -0.15) is 0 Å². The third-order valence-corrected chi connectivity index (χ3v) is 4.56. The van der Waals surface area contributed by atoms with Crippen molar-refractivity contribution in [3.05, 3.63) is 24.0 Å². The van der Waals surface area contributed by atoms with Crippen LogP contribution in [-0.2, 0) is 23.0 Å². The standard InChI is InChI=1S/C17H27N3O3/c1-12(6-9-15-5-4-10-20(15)2)18-17(22)19-14-8-7-13(11-14)16(21)23-3/h4-5,10,12-14H,6-9,11H2,1-3H3,(H2,18,19,22)/t12-,13-,14+/m0/s1. The number of amides is 2. The second-order valence-electron chi connectivity index (χ2n) is 6.40. The van der Waals surface area contributed by atoms with Crippen LogP contribution in [0.15, 0.2) is 18.3 Å². The van der Waals surface area contributed by atoms with Crippen molar-refractivity contribution in [3.8, 4) is 0 Å². The molecule has 1 aliphatic carbocycles. The molecule has 6 heteroatoms. The fourth-order valence-electron chi connectivity index (χ4n) is 3.14. The van der Waals surface area contributed by atoms with Crippen LogP contribution in [0.4, 0.5) is 4.79 Å². The predicted molar refractivity (Wildman–Crippen MR) is 88.0 cm³/mol. The minimum atomic E-state index is -0.175. The lowest BCUT2D eigenvalue weighted by molar-refractivity contribution is -0.145. The lowest BCUT2D eigenvalue weighted by atomic mass is 10.1. The van der Waals surface area contributed by atoms with Gasteiger partial charge in [0, 0.05) is 31.0 Å². The van der Waals surface area contributed by atoms with Gasteiger partial charge in [-0.3, -0.25) is 4.79 Å². The fourth-order valence-corrected chi connectivity index (χ4v) is 3.14. The van der Waals surface area contributed by atoms with Crippen LogP contribution in [-0.4, -0.2) is 35.8 Å². The average Bonchev–Trinajstić information content (AvgIpc) is 3.13. The number of rotatable bonds is 6. The minimum Gasteiger partial charge on any atom is -0.469 e. The molecule has 0 aromatic carbocycles. The first-order valence-electron chi connectivity index (χ1n) is 8.24. The molecule has 1 saturated carbocycles. The second-order valence-corrected chi connectivity index (χ2v) is 6.40. The van der Waals surface area contributed by atoms with Crippen molar-refractivity contribution in [2.45, 2.75) is 51.1 Å². The highest BCUT2D eigenvalue weighted by Gasteiger charge is 2.31. The van der Waals surface area contributed by atoms with Gasteiger partial charge in [-0.25, -0.2) is 4.79 Å². The summed E-state index contributed by atoms with van der Waals surface area (Å²) in [4.78, 5) is 23.5. The number of aryl methyl sites for hydroxylation is 2. The maximum atomic E-state index is 12.0. The molecule has 0 aliphatic heterocycles. The summed E-state index contributed by atoms with van der Waals surface area (Å²) in [5.74, 6) is -0.259. The van der Waals surface area contributed by atoms with Crippen molar-refractivity contribution >= 4 is 12.0 Å². The summed E-state index contributed by atoms with van der Waals surface area (Å²) in [5.41, 5.74) is 1.26. The minimum absolute atomic E-state index is 0.0548. The molecular weight excluding hydrogens is 294 g/mol. The summed E-state index contributed by atoms with van der Waals surface area (Å²) in [7, 11) is 3.43. The van der Waals surface area contributed by atoms with E-state index in [1.807, 2.05) is 26.2 Å². The Labute approximate surface area is 137 Å². The van der Waals surface area contributed by atoms with Gasteiger partial charge < -0.3 is 19.9 Å². The summed E-state index contributed by atoms with van der Waals surface area (Å²) < 4.78 is 6.86. The summed E-state index contributed by atoms with van der Waals surface area (Å²) >= 11 is 0. The number of methoxy groups -OCH3 is 1. The largest absolute Gasteiger partial charge is 0.469 e. The van der Waals surface area contributed by atoms with E-state index in [-0.39, 0.29) is 30.0 Å². The number of hydrogen-bond acceptors (Lipinski definition) is 3. The van der Waals surface area contributed by atoms with E-state index in [0.29, 0.717) is 6.42 Å². The number of aromatic nitrogens is 1. The van der Waals surface area contributed by atoms with Gasteiger partial charge in [0.1, 0.15) is 0 Å². The van der Waals surface area contributed by atoms with E-state index in [1.165, 1.54) is 12.8 Å². The topological polar surface area (TPSA) is 72.4 Å². The molecule has 1 fully saturated rings.